The highest BCUT2D eigenvalue weighted by Crippen LogP contribution is 2.28. The van der Waals surface area contributed by atoms with Gasteiger partial charge in [-0.15, -0.1) is 0 Å². The van der Waals surface area contributed by atoms with Crippen LogP contribution in [0.5, 0.6) is 5.75 Å². The molecule has 1 fully saturated rings. The maximum atomic E-state index is 12.5. The van der Waals surface area contributed by atoms with Gasteiger partial charge in [0.15, 0.2) is 0 Å². The third-order valence-corrected chi connectivity index (χ3v) is 4.40. The van der Waals surface area contributed by atoms with Crippen molar-refractivity contribution in [3.63, 3.8) is 0 Å². The number of benzene rings is 2. The van der Waals surface area contributed by atoms with E-state index in [9.17, 15) is 4.79 Å². The van der Waals surface area contributed by atoms with Gasteiger partial charge in [-0.05, 0) is 30.2 Å². The summed E-state index contributed by atoms with van der Waals surface area (Å²) in [6.45, 7) is 3.69. The SMILES string of the molecule is COc1cc(C(=O)NC(C)c2ccccc2)ccc1C1CNNC1. The maximum absolute atomic E-state index is 12.5. The van der Waals surface area contributed by atoms with Gasteiger partial charge in [0.25, 0.3) is 5.91 Å². The van der Waals surface area contributed by atoms with E-state index < -0.39 is 0 Å². The maximum Gasteiger partial charge on any atom is 0.251 e. The second-order valence-electron chi connectivity index (χ2n) is 6.02. The number of carbonyl (C=O) groups excluding carboxylic acids is 1. The molecule has 24 heavy (non-hydrogen) atoms. The Bertz CT molecular complexity index is 697. The van der Waals surface area contributed by atoms with Crippen molar-refractivity contribution >= 4 is 5.91 Å². The molecule has 0 spiro atoms. The summed E-state index contributed by atoms with van der Waals surface area (Å²) >= 11 is 0. The van der Waals surface area contributed by atoms with Gasteiger partial charge in [0.1, 0.15) is 5.75 Å². The van der Waals surface area contributed by atoms with Crippen LogP contribution in [-0.4, -0.2) is 26.1 Å². The minimum atomic E-state index is -0.0983. The fourth-order valence-electron chi connectivity index (χ4n) is 2.98. The second-order valence-corrected chi connectivity index (χ2v) is 6.02. The fraction of sp³-hybridized carbons (Fsp3) is 0.316. The summed E-state index contributed by atoms with van der Waals surface area (Å²) < 4.78 is 5.50. The average molecular weight is 325 g/mol. The van der Waals surface area contributed by atoms with Crippen LogP contribution in [0.1, 0.15) is 40.4 Å². The van der Waals surface area contributed by atoms with Crippen molar-refractivity contribution in [2.45, 2.75) is 18.9 Å². The Labute approximate surface area is 142 Å². The van der Waals surface area contributed by atoms with Crippen molar-refractivity contribution in [1.82, 2.24) is 16.2 Å². The number of nitrogens with one attached hydrogen (secondary N) is 3. The van der Waals surface area contributed by atoms with Gasteiger partial charge in [0, 0.05) is 24.6 Å². The Morgan fingerprint density at radius 3 is 2.54 bits per heavy atom. The van der Waals surface area contributed by atoms with E-state index in [1.54, 1.807) is 7.11 Å². The molecule has 0 aromatic heterocycles. The zero-order valence-electron chi connectivity index (χ0n) is 14.0. The van der Waals surface area contributed by atoms with Crippen molar-refractivity contribution in [1.29, 1.82) is 0 Å². The number of carbonyl (C=O) groups is 1. The number of hydrazine groups is 1. The predicted octanol–water partition coefficient (Wildman–Crippen LogP) is 2.38. The lowest BCUT2D eigenvalue weighted by molar-refractivity contribution is 0.0939. The van der Waals surface area contributed by atoms with Gasteiger partial charge < -0.3 is 10.1 Å². The monoisotopic (exact) mass is 325 g/mol. The average Bonchev–Trinajstić information content (AvgIpc) is 3.16. The second kappa shape index (κ2) is 7.47. The molecule has 126 valence electrons. The summed E-state index contributed by atoms with van der Waals surface area (Å²) in [5, 5.41) is 3.03. The number of ether oxygens (including phenoxy) is 1. The van der Waals surface area contributed by atoms with Gasteiger partial charge in [0.2, 0.25) is 0 Å². The Morgan fingerprint density at radius 2 is 1.88 bits per heavy atom. The van der Waals surface area contributed by atoms with Crippen molar-refractivity contribution < 1.29 is 9.53 Å². The van der Waals surface area contributed by atoms with Crippen LogP contribution in [0.4, 0.5) is 0 Å². The van der Waals surface area contributed by atoms with Gasteiger partial charge in [-0.3, -0.25) is 15.6 Å². The lowest BCUT2D eigenvalue weighted by atomic mass is 9.97. The Morgan fingerprint density at radius 1 is 1.17 bits per heavy atom. The van der Waals surface area contributed by atoms with Gasteiger partial charge in [0.05, 0.1) is 13.2 Å². The summed E-state index contributed by atoms with van der Waals surface area (Å²) in [6.07, 6.45) is 0. The van der Waals surface area contributed by atoms with Crippen molar-refractivity contribution in [2.75, 3.05) is 20.2 Å². The van der Waals surface area contributed by atoms with E-state index in [2.05, 4.69) is 16.2 Å². The molecule has 1 amide bonds. The molecule has 0 saturated carbocycles. The first kappa shape index (κ1) is 16.5. The Kier molecular flexibility index (Phi) is 5.13. The number of rotatable bonds is 5. The number of hydrogen-bond acceptors (Lipinski definition) is 4. The first-order chi connectivity index (χ1) is 11.7. The minimum Gasteiger partial charge on any atom is -0.496 e. The third-order valence-electron chi connectivity index (χ3n) is 4.40. The molecule has 3 N–H and O–H groups in total. The fourth-order valence-corrected chi connectivity index (χ4v) is 2.98. The third kappa shape index (κ3) is 3.58. The minimum absolute atomic E-state index is 0.0485. The molecule has 5 heteroatoms. The summed E-state index contributed by atoms with van der Waals surface area (Å²) in [5.74, 6) is 1.00. The van der Waals surface area contributed by atoms with E-state index in [-0.39, 0.29) is 11.9 Å². The van der Waals surface area contributed by atoms with E-state index in [0.717, 1.165) is 30.0 Å². The number of hydrogen-bond donors (Lipinski definition) is 3. The molecule has 1 aliphatic heterocycles. The van der Waals surface area contributed by atoms with Crippen LogP contribution in [0, 0.1) is 0 Å². The molecule has 0 bridgehead atoms. The molecule has 1 heterocycles. The van der Waals surface area contributed by atoms with Crippen LogP contribution in [0.2, 0.25) is 0 Å². The van der Waals surface area contributed by atoms with E-state index in [1.165, 1.54) is 0 Å². The van der Waals surface area contributed by atoms with E-state index in [4.69, 9.17) is 4.74 Å². The quantitative estimate of drug-likeness (QED) is 0.790. The van der Waals surface area contributed by atoms with E-state index in [1.807, 2.05) is 55.5 Å². The molecule has 0 aliphatic carbocycles. The lowest BCUT2D eigenvalue weighted by Crippen LogP contribution is -2.26. The van der Waals surface area contributed by atoms with Crippen molar-refractivity contribution in [3.8, 4) is 5.75 Å². The van der Waals surface area contributed by atoms with Crippen molar-refractivity contribution in [3.05, 3.63) is 65.2 Å². The first-order valence-electron chi connectivity index (χ1n) is 8.18. The van der Waals surface area contributed by atoms with Crippen LogP contribution in [-0.2, 0) is 0 Å². The Hall–Kier alpha value is -2.37. The molecule has 1 unspecified atom stereocenters. The highest BCUT2D eigenvalue weighted by Gasteiger charge is 2.21. The zero-order valence-corrected chi connectivity index (χ0v) is 14.0. The van der Waals surface area contributed by atoms with Crippen molar-refractivity contribution in [2.24, 2.45) is 0 Å². The zero-order chi connectivity index (χ0) is 16.9. The van der Waals surface area contributed by atoms with Crippen LogP contribution < -0.4 is 20.9 Å². The largest absolute Gasteiger partial charge is 0.496 e. The summed E-state index contributed by atoms with van der Waals surface area (Å²) in [4.78, 5) is 12.5. The van der Waals surface area contributed by atoms with Gasteiger partial charge >= 0.3 is 0 Å². The van der Waals surface area contributed by atoms with Crippen LogP contribution in [0.15, 0.2) is 48.5 Å². The molecule has 5 nitrogen and oxygen atoms in total. The lowest BCUT2D eigenvalue weighted by Gasteiger charge is -2.17. The molecule has 2 aromatic rings. The topological polar surface area (TPSA) is 62.4 Å². The van der Waals surface area contributed by atoms with Gasteiger partial charge in [-0.2, -0.15) is 0 Å². The Balaban J connectivity index is 1.75. The highest BCUT2D eigenvalue weighted by atomic mass is 16.5. The van der Waals surface area contributed by atoms with E-state index >= 15 is 0 Å². The molecule has 0 radical (unpaired) electrons. The highest BCUT2D eigenvalue weighted by molar-refractivity contribution is 5.95. The molecular formula is C19H23N3O2. The molecule has 1 atom stereocenters. The van der Waals surface area contributed by atoms with Crippen LogP contribution >= 0.6 is 0 Å². The molecule has 3 rings (SSSR count). The predicted molar refractivity (Wildman–Crippen MR) is 94.1 cm³/mol. The summed E-state index contributed by atoms with van der Waals surface area (Å²) in [6, 6.07) is 15.5. The van der Waals surface area contributed by atoms with Crippen LogP contribution in [0.25, 0.3) is 0 Å². The van der Waals surface area contributed by atoms with Crippen LogP contribution in [0.3, 0.4) is 0 Å². The standard InChI is InChI=1S/C19H23N3O2/c1-13(14-6-4-3-5-7-14)22-19(23)15-8-9-17(18(10-15)24-2)16-11-20-21-12-16/h3-10,13,16,20-21H,11-12H2,1-2H3,(H,22,23). The first-order valence-corrected chi connectivity index (χ1v) is 8.18. The number of amides is 1. The van der Waals surface area contributed by atoms with Gasteiger partial charge in [-0.25, -0.2) is 0 Å². The smallest absolute Gasteiger partial charge is 0.251 e. The molecular weight excluding hydrogens is 302 g/mol. The summed E-state index contributed by atoms with van der Waals surface area (Å²) in [5.41, 5.74) is 9.04. The summed E-state index contributed by atoms with van der Waals surface area (Å²) in [7, 11) is 1.64. The molecule has 1 aliphatic rings. The number of methoxy groups -OCH3 is 1. The molecule has 2 aromatic carbocycles. The van der Waals surface area contributed by atoms with E-state index in [0.29, 0.717) is 11.5 Å². The van der Waals surface area contributed by atoms with Gasteiger partial charge in [-0.1, -0.05) is 36.4 Å². The normalized spacial score (nSPS) is 15.9. The molecule has 1 saturated heterocycles.